The molecular formula is C24H26N3O3P. The minimum absolute atomic E-state index is 0.0474. The van der Waals surface area contributed by atoms with E-state index in [4.69, 9.17) is 19.8 Å². The number of nitrogens with one attached hydrogen (secondary N) is 1. The lowest BCUT2D eigenvalue weighted by atomic mass is 9.96. The number of hydrogen-bond donors (Lipinski definition) is 2. The van der Waals surface area contributed by atoms with Crippen molar-refractivity contribution in [3.63, 3.8) is 0 Å². The van der Waals surface area contributed by atoms with Gasteiger partial charge in [0.15, 0.2) is 0 Å². The Kier molecular flexibility index (Phi) is 6.23. The zero-order chi connectivity index (χ0) is 21.8. The first-order chi connectivity index (χ1) is 15.0. The zero-order valence-corrected chi connectivity index (χ0v) is 18.6. The van der Waals surface area contributed by atoms with Gasteiger partial charge in [-0.1, -0.05) is 42.5 Å². The van der Waals surface area contributed by atoms with E-state index in [9.17, 15) is 4.57 Å². The molecule has 0 unspecified atom stereocenters. The number of hydrogen-bond acceptors (Lipinski definition) is 6. The van der Waals surface area contributed by atoms with E-state index in [1.807, 2.05) is 42.5 Å². The lowest BCUT2D eigenvalue weighted by molar-refractivity contribution is 0.221. The third-order valence-corrected chi connectivity index (χ3v) is 6.85. The molecule has 7 heteroatoms. The molecule has 1 heterocycles. The minimum Gasteiger partial charge on any atom is -0.399 e. The number of anilines is 2. The second-order valence-electron chi connectivity index (χ2n) is 7.14. The van der Waals surface area contributed by atoms with Crippen LogP contribution in [-0.2, 0) is 13.6 Å². The molecule has 0 aliphatic carbocycles. The Balaban J connectivity index is 1.78. The fourth-order valence-electron chi connectivity index (χ4n) is 3.72. The number of rotatable bonds is 8. The molecule has 0 spiro atoms. The summed E-state index contributed by atoms with van der Waals surface area (Å²) in [7, 11) is -3.23. The molecule has 3 aromatic carbocycles. The molecule has 0 aliphatic rings. The Morgan fingerprint density at radius 2 is 1.65 bits per heavy atom. The molecule has 0 amide bonds. The Labute approximate surface area is 181 Å². The zero-order valence-electron chi connectivity index (χ0n) is 17.7. The van der Waals surface area contributed by atoms with Crippen LogP contribution in [0.2, 0.25) is 0 Å². The van der Waals surface area contributed by atoms with Crippen molar-refractivity contribution in [1.29, 1.82) is 0 Å². The van der Waals surface area contributed by atoms with Crippen LogP contribution in [0.3, 0.4) is 0 Å². The van der Waals surface area contributed by atoms with Crippen LogP contribution in [0.4, 0.5) is 11.5 Å². The molecule has 3 N–H and O–H groups in total. The van der Waals surface area contributed by atoms with Gasteiger partial charge in [-0.2, -0.15) is 0 Å². The molecule has 0 saturated heterocycles. The van der Waals surface area contributed by atoms with Crippen molar-refractivity contribution in [2.24, 2.45) is 0 Å². The highest BCUT2D eigenvalue weighted by Crippen LogP contribution is 2.47. The highest BCUT2D eigenvalue weighted by atomic mass is 31.2. The summed E-state index contributed by atoms with van der Waals surface area (Å²) < 4.78 is 23.5. The first-order valence-corrected chi connectivity index (χ1v) is 12.1. The van der Waals surface area contributed by atoms with Gasteiger partial charge in [0.1, 0.15) is 12.1 Å². The smallest absolute Gasteiger partial charge is 0.349 e. The molecular weight excluding hydrogens is 409 g/mol. The third-order valence-electron chi connectivity index (χ3n) is 5.00. The quantitative estimate of drug-likeness (QED) is 0.250. The van der Waals surface area contributed by atoms with E-state index >= 15 is 0 Å². The average molecular weight is 435 g/mol. The van der Waals surface area contributed by atoms with Crippen LogP contribution in [0.5, 0.6) is 0 Å². The first-order valence-electron chi connectivity index (χ1n) is 10.3. The van der Waals surface area contributed by atoms with E-state index < -0.39 is 7.60 Å². The van der Waals surface area contributed by atoms with Gasteiger partial charge in [0.05, 0.1) is 18.7 Å². The Hall–Kier alpha value is -2.92. The minimum atomic E-state index is -3.23. The number of benzene rings is 3. The molecule has 0 saturated carbocycles. The molecule has 0 aliphatic heterocycles. The van der Waals surface area contributed by atoms with Crippen LogP contribution in [0.25, 0.3) is 32.8 Å². The van der Waals surface area contributed by atoms with Gasteiger partial charge in [0.25, 0.3) is 0 Å². The first kappa shape index (κ1) is 21.3. The van der Waals surface area contributed by atoms with Gasteiger partial charge in [-0.25, -0.2) is 4.98 Å². The van der Waals surface area contributed by atoms with Crippen LogP contribution in [0.1, 0.15) is 13.8 Å². The molecule has 0 atom stereocenters. The summed E-state index contributed by atoms with van der Waals surface area (Å²) in [6.45, 7) is 4.21. The molecule has 0 fully saturated rings. The second-order valence-corrected chi connectivity index (χ2v) is 9.20. The highest BCUT2D eigenvalue weighted by Gasteiger charge is 2.23. The van der Waals surface area contributed by atoms with Crippen LogP contribution in [0.15, 0.2) is 66.7 Å². The van der Waals surface area contributed by atoms with Gasteiger partial charge >= 0.3 is 7.60 Å². The molecule has 4 aromatic rings. The van der Waals surface area contributed by atoms with E-state index in [-0.39, 0.29) is 6.29 Å². The Morgan fingerprint density at radius 3 is 2.42 bits per heavy atom. The Morgan fingerprint density at radius 1 is 0.903 bits per heavy atom. The number of nitrogens with zero attached hydrogens (tertiary/aromatic N) is 1. The van der Waals surface area contributed by atoms with E-state index in [1.165, 1.54) is 0 Å². The number of nitrogen functional groups attached to an aromatic ring is 1. The second kappa shape index (κ2) is 9.06. The lowest BCUT2D eigenvalue weighted by Crippen LogP contribution is -2.09. The highest BCUT2D eigenvalue weighted by molar-refractivity contribution is 7.53. The third kappa shape index (κ3) is 4.57. The van der Waals surface area contributed by atoms with Crippen LogP contribution >= 0.6 is 7.60 Å². The van der Waals surface area contributed by atoms with Gasteiger partial charge in [0.2, 0.25) is 0 Å². The standard InChI is InChI=1S/C24H26N3O3P/c1-3-29-31(28,30-4-2)16-26-23-13-12-18-14-19(25)15-22(24(18)27-23)21-11-7-9-17-8-5-6-10-20(17)21/h5-15H,3-4,16,25H2,1-2H3,(H,26,27). The summed E-state index contributed by atoms with van der Waals surface area (Å²) in [5.41, 5.74) is 9.72. The summed E-state index contributed by atoms with van der Waals surface area (Å²) in [4.78, 5) is 4.82. The fourth-order valence-corrected chi connectivity index (χ4v) is 5.12. The van der Waals surface area contributed by atoms with E-state index in [0.29, 0.717) is 24.7 Å². The topological polar surface area (TPSA) is 86.5 Å². The predicted octanol–water partition coefficient (Wildman–Crippen LogP) is 6.27. The van der Waals surface area contributed by atoms with Gasteiger partial charge in [-0.3, -0.25) is 4.57 Å². The van der Waals surface area contributed by atoms with Crippen LogP contribution in [-0.4, -0.2) is 24.5 Å². The maximum absolute atomic E-state index is 12.8. The summed E-state index contributed by atoms with van der Waals surface area (Å²) in [5.74, 6) is 0.596. The molecule has 31 heavy (non-hydrogen) atoms. The van der Waals surface area contributed by atoms with Crippen molar-refractivity contribution < 1.29 is 13.6 Å². The summed E-state index contributed by atoms with van der Waals surface area (Å²) in [5, 5.41) is 6.34. The lowest BCUT2D eigenvalue weighted by Gasteiger charge is -2.18. The van der Waals surface area contributed by atoms with Gasteiger partial charge in [-0.05, 0) is 54.4 Å². The maximum atomic E-state index is 12.8. The van der Waals surface area contributed by atoms with E-state index in [1.54, 1.807) is 13.8 Å². The monoisotopic (exact) mass is 435 g/mol. The molecule has 6 nitrogen and oxygen atoms in total. The van der Waals surface area contributed by atoms with Gasteiger partial charge in [-0.15, -0.1) is 0 Å². The van der Waals surface area contributed by atoms with Crippen molar-refractivity contribution in [2.75, 3.05) is 30.6 Å². The van der Waals surface area contributed by atoms with Crippen molar-refractivity contribution in [3.8, 4) is 11.1 Å². The predicted molar refractivity (Wildman–Crippen MR) is 128 cm³/mol. The van der Waals surface area contributed by atoms with Crippen LogP contribution in [0, 0.1) is 0 Å². The van der Waals surface area contributed by atoms with Gasteiger partial charge in [0, 0.05) is 16.6 Å². The maximum Gasteiger partial charge on any atom is 0.349 e. The summed E-state index contributed by atoms with van der Waals surface area (Å²) in [6.07, 6.45) is 0.0474. The largest absolute Gasteiger partial charge is 0.399 e. The molecule has 0 radical (unpaired) electrons. The van der Waals surface area contributed by atoms with E-state index in [2.05, 4.69) is 29.6 Å². The fraction of sp³-hybridized carbons (Fsp3) is 0.208. The average Bonchev–Trinajstić information content (AvgIpc) is 2.77. The van der Waals surface area contributed by atoms with Gasteiger partial charge < -0.3 is 20.1 Å². The van der Waals surface area contributed by atoms with E-state index in [0.717, 1.165) is 32.8 Å². The molecule has 160 valence electrons. The van der Waals surface area contributed by atoms with Crippen molar-refractivity contribution in [3.05, 3.63) is 66.7 Å². The molecule has 0 bridgehead atoms. The van der Waals surface area contributed by atoms with Crippen LogP contribution < -0.4 is 11.1 Å². The summed E-state index contributed by atoms with van der Waals surface area (Å²) >= 11 is 0. The number of nitrogens with two attached hydrogens (primary N) is 1. The number of pyridine rings is 1. The molecule has 1 aromatic heterocycles. The Bertz CT molecular complexity index is 1260. The SMILES string of the molecule is CCOP(=O)(CNc1ccc2cc(N)cc(-c3cccc4ccccc34)c2n1)OCC. The number of fused-ring (bicyclic) bond motifs is 2. The van der Waals surface area contributed by atoms with Crippen molar-refractivity contribution >= 4 is 40.8 Å². The van der Waals surface area contributed by atoms with Crippen molar-refractivity contribution in [1.82, 2.24) is 4.98 Å². The number of aromatic nitrogens is 1. The summed E-state index contributed by atoms with van der Waals surface area (Å²) in [6, 6.07) is 22.1. The molecule has 4 rings (SSSR count). The normalized spacial score (nSPS) is 11.8. The van der Waals surface area contributed by atoms with Crippen molar-refractivity contribution in [2.45, 2.75) is 13.8 Å².